The Hall–Kier alpha value is -0.500. The lowest BCUT2D eigenvalue weighted by Crippen LogP contribution is -2.53. The predicted molar refractivity (Wildman–Crippen MR) is 41.4 cm³/mol. The van der Waals surface area contributed by atoms with E-state index in [1.807, 2.05) is 6.20 Å². The molecule has 2 N–H and O–H groups in total. The Bertz CT molecular complexity index is 155. The molecule has 2 aliphatic rings. The van der Waals surface area contributed by atoms with Crippen molar-refractivity contribution in [2.45, 2.75) is 18.4 Å². The Labute approximate surface area is 61.7 Å². The molecule has 0 aromatic heterocycles. The first-order chi connectivity index (χ1) is 4.74. The molecule has 0 aromatic carbocycles. The Morgan fingerprint density at radius 1 is 1.50 bits per heavy atom. The van der Waals surface area contributed by atoms with Crippen molar-refractivity contribution in [1.82, 2.24) is 4.90 Å². The van der Waals surface area contributed by atoms with Gasteiger partial charge in [-0.15, -0.1) is 0 Å². The quantitative estimate of drug-likeness (QED) is 0.604. The fourth-order valence-electron chi connectivity index (χ4n) is 1.58. The van der Waals surface area contributed by atoms with Gasteiger partial charge in [0.15, 0.2) is 0 Å². The Morgan fingerprint density at radius 2 is 2.10 bits per heavy atom. The van der Waals surface area contributed by atoms with E-state index in [0.29, 0.717) is 0 Å². The lowest BCUT2D eigenvalue weighted by molar-refractivity contribution is 0.127. The number of likely N-dealkylation sites (tertiary alicyclic amines) is 1. The molecule has 0 unspecified atom stereocenters. The number of nitrogens with zero attached hydrogens (tertiary/aromatic N) is 1. The zero-order valence-corrected chi connectivity index (χ0v) is 6.21. The first kappa shape index (κ1) is 6.23. The molecule has 2 fully saturated rings. The maximum absolute atomic E-state index is 6.01. The van der Waals surface area contributed by atoms with Crippen LogP contribution in [0.4, 0.5) is 0 Å². The second kappa shape index (κ2) is 1.76. The lowest BCUT2D eigenvalue weighted by Gasteiger charge is -2.42. The van der Waals surface area contributed by atoms with Crippen molar-refractivity contribution in [2.75, 3.05) is 13.1 Å². The molecule has 0 aromatic rings. The van der Waals surface area contributed by atoms with Crippen molar-refractivity contribution >= 4 is 0 Å². The minimum absolute atomic E-state index is 0.236. The SMILES string of the molecule is C=CN1CC(C2(N)CC2)C1. The van der Waals surface area contributed by atoms with Crippen molar-refractivity contribution in [2.24, 2.45) is 11.7 Å². The van der Waals surface area contributed by atoms with Gasteiger partial charge in [-0.1, -0.05) is 6.58 Å². The van der Waals surface area contributed by atoms with Crippen LogP contribution in [0.5, 0.6) is 0 Å². The highest BCUT2D eigenvalue weighted by atomic mass is 15.2. The highest BCUT2D eigenvalue weighted by molar-refractivity contribution is 5.09. The van der Waals surface area contributed by atoms with Crippen molar-refractivity contribution < 1.29 is 0 Å². The highest BCUT2D eigenvalue weighted by Gasteiger charge is 2.49. The van der Waals surface area contributed by atoms with Gasteiger partial charge in [0.25, 0.3) is 0 Å². The van der Waals surface area contributed by atoms with Gasteiger partial charge in [-0.3, -0.25) is 0 Å². The van der Waals surface area contributed by atoms with Gasteiger partial charge in [0.05, 0.1) is 0 Å². The van der Waals surface area contributed by atoms with Crippen LogP contribution in [-0.4, -0.2) is 23.5 Å². The lowest BCUT2D eigenvalue weighted by atomic mass is 9.90. The summed E-state index contributed by atoms with van der Waals surface area (Å²) < 4.78 is 0. The molecule has 2 rings (SSSR count). The van der Waals surface area contributed by atoms with Crippen LogP contribution in [0.15, 0.2) is 12.8 Å². The molecular formula is C8H14N2. The molecule has 1 aliphatic heterocycles. The minimum atomic E-state index is 0.236. The summed E-state index contributed by atoms with van der Waals surface area (Å²) in [5.74, 6) is 0.755. The van der Waals surface area contributed by atoms with Gasteiger partial charge in [0.1, 0.15) is 0 Å². The van der Waals surface area contributed by atoms with Gasteiger partial charge in [0, 0.05) is 24.5 Å². The van der Waals surface area contributed by atoms with Crippen molar-refractivity contribution in [3.8, 4) is 0 Å². The van der Waals surface area contributed by atoms with Crippen LogP contribution in [0, 0.1) is 5.92 Å². The summed E-state index contributed by atoms with van der Waals surface area (Å²) in [6.07, 6.45) is 4.38. The van der Waals surface area contributed by atoms with E-state index in [2.05, 4.69) is 11.5 Å². The second-order valence-corrected chi connectivity index (χ2v) is 3.57. The molecule has 0 amide bonds. The number of hydrogen-bond donors (Lipinski definition) is 1. The Balaban J connectivity index is 1.85. The van der Waals surface area contributed by atoms with Gasteiger partial charge >= 0.3 is 0 Å². The summed E-state index contributed by atoms with van der Waals surface area (Å²) >= 11 is 0. The molecule has 1 aliphatic carbocycles. The van der Waals surface area contributed by atoms with Crippen LogP contribution in [-0.2, 0) is 0 Å². The third-order valence-electron chi connectivity index (χ3n) is 2.81. The zero-order chi connectivity index (χ0) is 7.19. The van der Waals surface area contributed by atoms with E-state index in [1.54, 1.807) is 0 Å². The van der Waals surface area contributed by atoms with Gasteiger partial charge in [0.2, 0.25) is 0 Å². The van der Waals surface area contributed by atoms with Crippen LogP contribution < -0.4 is 5.73 Å². The number of rotatable bonds is 2. The van der Waals surface area contributed by atoms with E-state index in [9.17, 15) is 0 Å². The van der Waals surface area contributed by atoms with E-state index >= 15 is 0 Å². The van der Waals surface area contributed by atoms with Gasteiger partial charge in [-0.2, -0.15) is 0 Å². The molecule has 0 spiro atoms. The summed E-state index contributed by atoms with van der Waals surface area (Å²) in [5, 5.41) is 0. The fourth-order valence-corrected chi connectivity index (χ4v) is 1.58. The third kappa shape index (κ3) is 0.754. The van der Waals surface area contributed by atoms with Crippen LogP contribution in [0.1, 0.15) is 12.8 Å². The highest BCUT2D eigenvalue weighted by Crippen LogP contribution is 2.43. The van der Waals surface area contributed by atoms with E-state index in [-0.39, 0.29) is 5.54 Å². The van der Waals surface area contributed by atoms with E-state index in [4.69, 9.17) is 5.73 Å². The molecule has 1 heterocycles. The van der Waals surface area contributed by atoms with Crippen LogP contribution >= 0.6 is 0 Å². The number of hydrogen-bond acceptors (Lipinski definition) is 2. The molecule has 10 heavy (non-hydrogen) atoms. The Morgan fingerprint density at radius 3 is 2.50 bits per heavy atom. The van der Waals surface area contributed by atoms with Gasteiger partial charge in [-0.05, 0) is 19.0 Å². The van der Waals surface area contributed by atoms with Gasteiger partial charge in [-0.25, -0.2) is 0 Å². The molecule has 1 saturated carbocycles. The van der Waals surface area contributed by atoms with Crippen LogP contribution in [0.3, 0.4) is 0 Å². The van der Waals surface area contributed by atoms with E-state index in [1.165, 1.54) is 12.8 Å². The molecular weight excluding hydrogens is 124 g/mol. The summed E-state index contributed by atoms with van der Waals surface area (Å²) in [7, 11) is 0. The van der Waals surface area contributed by atoms with E-state index in [0.717, 1.165) is 19.0 Å². The molecule has 2 heteroatoms. The molecule has 0 radical (unpaired) electrons. The molecule has 0 bridgehead atoms. The first-order valence-electron chi connectivity index (χ1n) is 3.90. The van der Waals surface area contributed by atoms with E-state index < -0.39 is 0 Å². The average molecular weight is 138 g/mol. The monoisotopic (exact) mass is 138 g/mol. The topological polar surface area (TPSA) is 29.3 Å². The largest absolute Gasteiger partial charge is 0.377 e. The Kier molecular flexibility index (Phi) is 1.09. The zero-order valence-electron chi connectivity index (χ0n) is 6.21. The summed E-state index contributed by atoms with van der Waals surface area (Å²) in [4.78, 5) is 2.22. The smallest absolute Gasteiger partial charge is 0.0235 e. The maximum Gasteiger partial charge on any atom is 0.0235 e. The van der Waals surface area contributed by atoms with Crippen LogP contribution in [0.25, 0.3) is 0 Å². The molecule has 1 saturated heterocycles. The average Bonchev–Trinajstić information content (AvgIpc) is 2.46. The minimum Gasteiger partial charge on any atom is -0.377 e. The van der Waals surface area contributed by atoms with Crippen molar-refractivity contribution in [1.29, 1.82) is 0 Å². The summed E-state index contributed by atoms with van der Waals surface area (Å²) in [6, 6.07) is 0. The van der Waals surface area contributed by atoms with Gasteiger partial charge < -0.3 is 10.6 Å². The molecule has 56 valence electrons. The third-order valence-corrected chi connectivity index (χ3v) is 2.81. The first-order valence-corrected chi connectivity index (χ1v) is 3.90. The fraction of sp³-hybridized carbons (Fsp3) is 0.750. The molecule has 0 atom stereocenters. The normalized spacial score (nSPS) is 29.5. The maximum atomic E-state index is 6.01. The molecule has 2 nitrogen and oxygen atoms in total. The summed E-state index contributed by atoms with van der Waals surface area (Å²) in [5.41, 5.74) is 6.24. The van der Waals surface area contributed by atoms with Crippen molar-refractivity contribution in [3.05, 3.63) is 12.8 Å². The summed E-state index contributed by atoms with van der Waals surface area (Å²) in [6.45, 7) is 5.98. The predicted octanol–water partition coefficient (Wildman–Crippen LogP) is 0.553. The standard InChI is InChI=1S/C8H14N2/c1-2-10-5-7(6-10)8(9)3-4-8/h2,7H,1,3-6,9H2. The van der Waals surface area contributed by atoms with Crippen molar-refractivity contribution in [3.63, 3.8) is 0 Å². The van der Waals surface area contributed by atoms with Crippen LogP contribution in [0.2, 0.25) is 0 Å². The number of nitrogens with two attached hydrogens (primary N) is 1. The second-order valence-electron chi connectivity index (χ2n) is 3.57.